The van der Waals surface area contributed by atoms with Crippen molar-refractivity contribution in [2.24, 2.45) is 0 Å². The first-order valence-electron chi connectivity index (χ1n) is 12.2. The van der Waals surface area contributed by atoms with Gasteiger partial charge in [-0.1, -0.05) is 25.1 Å². The lowest BCUT2D eigenvalue weighted by Crippen LogP contribution is -2.45. The van der Waals surface area contributed by atoms with E-state index in [0.29, 0.717) is 43.2 Å². The van der Waals surface area contributed by atoms with Crippen molar-refractivity contribution >= 4 is 44.9 Å². The molecule has 3 rings (SSSR count). The zero-order chi connectivity index (χ0) is 26.8. The second-order valence-corrected chi connectivity index (χ2v) is 10.5. The van der Waals surface area contributed by atoms with Crippen molar-refractivity contribution in [3.8, 4) is 11.5 Å². The van der Waals surface area contributed by atoms with Gasteiger partial charge in [-0.25, -0.2) is 4.79 Å². The number of nitrogens with one attached hydrogen (secondary N) is 1. The highest BCUT2D eigenvalue weighted by Crippen LogP contribution is 2.28. The van der Waals surface area contributed by atoms with E-state index < -0.39 is 0 Å². The maximum atomic E-state index is 13.6. The summed E-state index contributed by atoms with van der Waals surface area (Å²) in [4.78, 5) is 31.2. The highest BCUT2D eigenvalue weighted by molar-refractivity contribution is 9.10. The summed E-state index contributed by atoms with van der Waals surface area (Å²) in [6, 6.07) is 15.0. The molecule has 0 saturated carbocycles. The zero-order valence-corrected chi connectivity index (χ0v) is 24.2. The minimum Gasteiger partial charge on any atom is -0.493 e. The van der Waals surface area contributed by atoms with E-state index >= 15 is 0 Å². The van der Waals surface area contributed by atoms with Crippen molar-refractivity contribution in [1.29, 1.82) is 0 Å². The molecule has 3 amide bonds. The summed E-state index contributed by atoms with van der Waals surface area (Å²) in [6.07, 6.45) is 1.39. The number of nitrogens with zero attached hydrogens (tertiary/aromatic N) is 2. The number of urea groups is 1. The second kappa shape index (κ2) is 14.0. The Balaban J connectivity index is 1.75. The third-order valence-corrected chi connectivity index (χ3v) is 7.70. The van der Waals surface area contributed by atoms with E-state index in [1.807, 2.05) is 59.7 Å². The van der Waals surface area contributed by atoms with E-state index in [1.54, 1.807) is 30.5 Å². The third-order valence-electron chi connectivity index (χ3n) is 6.00. The first kappa shape index (κ1) is 28.5. The van der Waals surface area contributed by atoms with Crippen LogP contribution in [0.25, 0.3) is 0 Å². The number of para-hydroxylation sites is 1. The molecule has 0 spiro atoms. The monoisotopic (exact) mass is 587 g/mol. The van der Waals surface area contributed by atoms with Gasteiger partial charge in [-0.05, 0) is 82.5 Å². The van der Waals surface area contributed by atoms with E-state index in [9.17, 15) is 9.59 Å². The van der Waals surface area contributed by atoms with Gasteiger partial charge in [0, 0.05) is 22.4 Å². The van der Waals surface area contributed by atoms with Crippen molar-refractivity contribution in [2.75, 3.05) is 39.2 Å². The maximum absolute atomic E-state index is 13.6. The summed E-state index contributed by atoms with van der Waals surface area (Å²) in [7, 11) is 3.22. The number of carbonyl (C=O) groups excluding carboxylic acids is 2. The average Bonchev–Trinajstić information content (AvgIpc) is 3.31. The predicted octanol–water partition coefficient (Wildman–Crippen LogP) is 6.35. The van der Waals surface area contributed by atoms with Crippen LogP contribution in [0.4, 0.5) is 10.5 Å². The van der Waals surface area contributed by atoms with Crippen LogP contribution >= 0.6 is 27.3 Å². The molecule has 0 bridgehead atoms. The number of rotatable bonds is 12. The predicted molar refractivity (Wildman–Crippen MR) is 153 cm³/mol. The molecule has 0 atom stereocenters. The summed E-state index contributed by atoms with van der Waals surface area (Å²) < 4.78 is 11.6. The van der Waals surface area contributed by atoms with Crippen LogP contribution in [0.2, 0.25) is 0 Å². The molecular formula is C28H34BrN3O4S. The molecule has 0 unspecified atom stereocenters. The van der Waals surface area contributed by atoms with Gasteiger partial charge in [-0.3, -0.25) is 4.79 Å². The Morgan fingerprint density at radius 3 is 2.41 bits per heavy atom. The number of anilines is 1. The lowest BCUT2D eigenvalue weighted by atomic mass is 10.1. The number of hydrogen-bond acceptors (Lipinski definition) is 5. The molecule has 0 aliphatic carbocycles. The van der Waals surface area contributed by atoms with Crippen LogP contribution < -0.4 is 14.8 Å². The van der Waals surface area contributed by atoms with Crippen LogP contribution in [0, 0.1) is 6.92 Å². The third kappa shape index (κ3) is 7.97. The highest BCUT2D eigenvalue weighted by Gasteiger charge is 2.22. The molecule has 2 aromatic carbocycles. The molecule has 1 aromatic heterocycles. The molecule has 1 N–H and O–H groups in total. The van der Waals surface area contributed by atoms with Crippen molar-refractivity contribution in [2.45, 2.75) is 33.2 Å². The number of benzene rings is 2. The van der Waals surface area contributed by atoms with Gasteiger partial charge in [-0.15, -0.1) is 11.3 Å². The normalized spacial score (nSPS) is 10.6. The molecule has 0 radical (unpaired) electrons. The van der Waals surface area contributed by atoms with E-state index in [-0.39, 0.29) is 18.5 Å². The Labute approximate surface area is 231 Å². The fourth-order valence-electron chi connectivity index (χ4n) is 3.87. The fourth-order valence-corrected chi connectivity index (χ4v) is 5.18. The van der Waals surface area contributed by atoms with Crippen LogP contribution in [0.3, 0.4) is 0 Å². The smallest absolute Gasteiger partial charge is 0.322 e. The quantitative estimate of drug-likeness (QED) is 0.268. The van der Waals surface area contributed by atoms with Gasteiger partial charge in [-0.2, -0.15) is 0 Å². The van der Waals surface area contributed by atoms with Gasteiger partial charge in [0.1, 0.15) is 6.54 Å². The lowest BCUT2D eigenvalue weighted by Gasteiger charge is -2.28. The number of hydrogen-bond donors (Lipinski definition) is 1. The van der Waals surface area contributed by atoms with Crippen LogP contribution in [0.5, 0.6) is 11.5 Å². The molecule has 0 aliphatic heterocycles. The van der Waals surface area contributed by atoms with Gasteiger partial charge in [0.2, 0.25) is 5.91 Å². The summed E-state index contributed by atoms with van der Waals surface area (Å²) >= 11 is 5.10. The van der Waals surface area contributed by atoms with Crippen molar-refractivity contribution in [1.82, 2.24) is 9.80 Å². The van der Waals surface area contributed by atoms with Crippen molar-refractivity contribution in [3.63, 3.8) is 0 Å². The van der Waals surface area contributed by atoms with Gasteiger partial charge >= 0.3 is 6.03 Å². The molecule has 3 aromatic rings. The van der Waals surface area contributed by atoms with Gasteiger partial charge in [0.15, 0.2) is 11.5 Å². The number of amides is 3. The molecule has 37 heavy (non-hydrogen) atoms. The molecule has 198 valence electrons. The summed E-state index contributed by atoms with van der Waals surface area (Å²) in [5.74, 6) is 1.23. The van der Waals surface area contributed by atoms with Crippen LogP contribution in [-0.2, 0) is 17.8 Å². The number of thiophene rings is 1. The summed E-state index contributed by atoms with van der Waals surface area (Å²) in [6.45, 7) is 5.54. The van der Waals surface area contributed by atoms with Gasteiger partial charge in [0.05, 0.1) is 26.5 Å². The molecule has 9 heteroatoms. The molecule has 0 aliphatic rings. The topological polar surface area (TPSA) is 71.1 Å². The lowest BCUT2D eigenvalue weighted by molar-refractivity contribution is -0.132. The number of carbonyl (C=O) groups is 2. The summed E-state index contributed by atoms with van der Waals surface area (Å²) in [5.41, 5.74) is 2.86. The highest BCUT2D eigenvalue weighted by atomic mass is 79.9. The van der Waals surface area contributed by atoms with E-state index in [2.05, 4.69) is 34.2 Å². The van der Waals surface area contributed by atoms with Gasteiger partial charge in [0.25, 0.3) is 0 Å². The minimum atomic E-state index is -0.297. The van der Waals surface area contributed by atoms with E-state index in [1.165, 1.54) is 0 Å². The van der Waals surface area contributed by atoms with Crippen molar-refractivity contribution < 1.29 is 19.1 Å². The molecule has 1 heterocycles. The van der Waals surface area contributed by atoms with Crippen molar-refractivity contribution in [3.05, 3.63) is 74.4 Å². The fraction of sp³-hybridized carbons (Fsp3) is 0.357. The number of halogens is 1. The second-order valence-electron chi connectivity index (χ2n) is 8.61. The number of ether oxygens (including phenoxy) is 2. The zero-order valence-electron chi connectivity index (χ0n) is 21.8. The molecule has 0 saturated heterocycles. The first-order valence-corrected chi connectivity index (χ1v) is 13.9. The minimum absolute atomic E-state index is 0.000479. The largest absolute Gasteiger partial charge is 0.493 e. The van der Waals surface area contributed by atoms with Crippen LogP contribution in [-0.4, -0.2) is 55.6 Å². The summed E-state index contributed by atoms with van der Waals surface area (Å²) in [5, 5.41) is 4.96. The molecule has 0 fully saturated rings. The maximum Gasteiger partial charge on any atom is 0.322 e. The number of methoxy groups -OCH3 is 2. The van der Waals surface area contributed by atoms with E-state index in [4.69, 9.17) is 9.47 Å². The van der Waals surface area contributed by atoms with Crippen LogP contribution in [0.15, 0.2) is 58.4 Å². The Morgan fingerprint density at radius 2 is 1.76 bits per heavy atom. The molecule has 7 nitrogen and oxygen atoms in total. The average molecular weight is 589 g/mol. The SMILES string of the molecule is CCCN(CC(=O)N(CCc1ccc(OC)c(OC)c1)Cc1sccc1C)C(=O)Nc1ccccc1Br. The standard InChI is InChI=1S/C28H34BrN3O4S/c1-5-14-32(28(34)30-23-9-7-6-8-22(23)29)19-27(33)31(18-26-20(2)13-16-37-26)15-12-21-10-11-24(35-3)25(17-21)36-4/h6-11,13,16-17H,5,12,14-15,18-19H2,1-4H3,(H,30,34). The van der Waals surface area contributed by atoms with Gasteiger partial charge < -0.3 is 24.6 Å². The number of aryl methyl sites for hydroxylation is 1. The van der Waals surface area contributed by atoms with Crippen LogP contribution in [0.1, 0.15) is 29.3 Å². The molecular weight excluding hydrogens is 554 g/mol. The Bertz CT molecular complexity index is 1200. The Hall–Kier alpha value is -3.04. The van der Waals surface area contributed by atoms with E-state index in [0.717, 1.165) is 26.9 Å². The Morgan fingerprint density at radius 1 is 1.00 bits per heavy atom. The Kier molecular flexibility index (Phi) is 10.8. The first-order chi connectivity index (χ1) is 17.9.